The van der Waals surface area contributed by atoms with Crippen molar-refractivity contribution in [1.82, 2.24) is 14.3 Å². The molecule has 1 fully saturated rings. The lowest BCUT2D eigenvalue weighted by Gasteiger charge is -2.24. The molecule has 7 nitrogen and oxygen atoms in total. The van der Waals surface area contributed by atoms with Crippen LogP contribution in [0.25, 0.3) is 11.4 Å². The fourth-order valence-electron chi connectivity index (χ4n) is 3.40. The van der Waals surface area contributed by atoms with Gasteiger partial charge in [0.05, 0.1) is 12.4 Å². The molecule has 1 aromatic heterocycles. The molecule has 0 spiro atoms. The molecule has 1 aliphatic rings. The molecule has 2 heterocycles. The summed E-state index contributed by atoms with van der Waals surface area (Å²) in [5.74, 6) is 0.738. The Morgan fingerprint density at radius 1 is 1.37 bits per heavy atom. The van der Waals surface area contributed by atoms with Gasteiger partial charge in [0.15, 0.2) is 22.3 Å². The van der Waals surface area contributed by atoms with Crippen molar-refractivity contribution in [2.75, 3.05) is 31.8 Å². The molecule has 1 unspecified atom stereocenters. The van der Waals surface area contributed by atoms with Crippen LogP contribution >= 0.6 is 12.2 Å². The van der Waals surface area contributed by atoms with Gasteiger partial charge in [-0.1, -0.05) is 0 Å². The topological polar surface area (TPSA) is 70.6 Å². The van der Waals surface area contributed by atoms with Crippen LogP contribution < -0.4 is 4.90 Å². The number of aromatic nitrogens is 3. The number of hydrogen-bond acceptors (Lipinski definition) is 5. The Morgan fingerprint density at radius 2 is 2.07 bits per heavy atom. The maximum absolute atomic E-state index is 13.2. The largest absolute Gasteiger partial charge is 0.379 e. The molecule has 2 atom stereocenters. The third kappa shape index (κ3) is 4.63. The zero-order valence-corrected chi connectivity index (χ0v) is 17.0. The predicted molar refractivity (Wildman–Crippen MR) is 102 cm³/mol. The molecule has 0 radical (unpaired) electrons. The quantitative estimate of drug-likeness (QED) is 0.665. The first-order valence-electron chi connectivity index (χ1n) is 8.74. The predicted octanol–water partition coefficient (Wildman–Crippen LogP) is 0.433. The van der Waals surface area contributed by atoms with Crippen LogP contribution in [0, 0.1) is 10.6 Å². The summed E-state index contributed by atoms with van der Waals surface area (Å²) in [7, 11) is 0.470. The number of benzene rings is 1. The smallest absolute Gasteiger partial charge is 0.202 e. The second-order valence-corrected chi connectivity index (χ2v) is 9.42. The first-order valence-corrected chi connectivity index (χ1v) is 11.0. The van der Waals surface area contributed by atoms with Crippen molar-refractivity contribution >= 4 is 22.1 Å². The highest BCUT2D eigenvalue weighted by Gasteiger charge is 2.35. The number of methoxy groups -OCH3 is 1. The van der Waals surface area contributed by atoms with Gasteiger partial charge in [0.25, 0.3) is 0 Å². The molecule has 148 valence electrons. The van der Waals surface area contributed by atoms with E-state index < -0.39 is 9.84 Å². The maximum atomic E-state index is 13.2. The molecule has 0 aliphatic carbocycles. The molecular formula is C17H24FN4O3S2+. The lowest BCUT2D eigenvalue weighted by atomic mass is 10.2. The van der Waals surface area contributed by atoms with E-state index >= 15 is 0 Å². The van der Waals surface area contributed by atoms with E-state index in [4.69, 9.17) is 17.0 Å². The monoisotopic (exact) mass is 415 g/mol. The average Bonchev–Trinajstić information content (AvgIpc) is 3.13. The van der Waals surface area contributed by atoms with Gasteiger partial charge in [-0.15, -0.1) is 5.10 Å². The number of hydrogen-bond donors (Lipinski definition) is 1. The molecule has 0 bridgehead atoms. The molecule has 1 aliphatic heterocycles. The molecule has 0 amide bonds. The van der Waals surface area contributed by atoms with Gasteiger partial charge in [-0.25, -0.2) is 12.8 Å². The van der Waals surface area contributed by atoms with Crippen LogP contribution in [-0.4, -0.2) is 60.6 Å². The molecule has 1 aromatic carbocycles. The van der Waals surface area contributed by atoms with E-state index in [1.165, 1.54) is 12.1 Å². The molecule has 27 heavy (non-hydrogen) atoms. The highest BCUT2D eigenvalue weighted by Crippen LogP contribution is 2.17. The minimum absolute atomic E-state index is 0.00308. The van der Waals surface area contributed by atoms with Crippen molar-refractivity contribution in [2.45, 2.75) is 19.1 Å². The van der Waals surface area contributed by atoms with E-state index in [0.29, 0.717) is 36.8 Å². The number of quaternary nitrogens is 1. The fraction of sp³-hybridized carbons (Fsp3) is 0.529. The van der Waals surface area contributed by atoms with Crippen molar-refractivity contribution in [3.05, 3.63) is 34.9 Å². The van der Waals surface area contributed by atoms with Gasteiger partial charge < -0.3 is 14.2 Å². The number of sulfone groups is 1. The van der Waals surface area contributed by atoms with Gasteiger partial charge in [0.2, 0.25) is 4.77 Å². The van der Waals surface area contributed by atoms with Crippen molar-refractivity contribution in [1.29, 1.82) is 0 Å². The Hall–Kier alpha value is -1.62. The van der Waals surface area contributed by atoms with Crippen LogP contribution in [0.4, 0.5) is 4.39 Å². The van der Waals surface area contributed by atoms with Crippen LogP contribution in [0.3, 0.4) is 0 Å². The standard InChI is InChI=1S/C17H23FN4O3S2/c1-20-16(13-3-5-14(18)6-4-13)19-22(17(20)26)12-21(8-9-25-2)15-7-10-27(23,24)11-15/h3-6,15H,7-12H2,1-2H3/p+1/t15-/m0/s1. The summed E-state index contributed by atoms with van der Waals surface area (Å²) in [6.45, 7) is 1.65. The van der Waals surface area contributed by atoms with Gasteiger partial charge in [-0.2, -0.15) is 4.68 Å². The van der Waals surface area contributed by atoms with E-state index in [1.807, 2.05) is 7.05 Å². The summed E-state index contributed by atoms with van der Waals surface area (Å²) < 4.78 is 46.2. The minimum atomic E-state index is -2.98. The highest BCUT2D eigenvalue weighted by molar-refractivity contribution is 7.91. The summed E-state index contributed by atoms with van der Waals surface area (Å²) in [4.78, 5) is 1.08. The normalized spacial score (nSPS) is 20.0. The van der Waals surface area contributed by atoms with Crippen LogP contribution in [0.15, 0.2) is 24.3 Å². The SMILES string of the molecule is COCC[NH+](Cn1nc(-c2ccc(F)cc2)n(C)c1=S)[C@H]1CCS(=O)(=O)C1. The minimum Gasteiger partial charge on any atom is -0.379 e. The van der Waals surface area contributed by atoms with Crippen LogP contribution in [0.1, 0.15) is 6.42 Å². The van der Waals surface area contributed by atoms with Crippen molar-refractivity contribution in [3.63, 3.8) is 0 Å². The Kier molecular flexibility index (Phi) is 6.09. The van der Waals surface area contributed by atoms with Crippen LogP contribution in [-0.2, 0) is 28.3 Å². The highest BCUT2D eigenvalue weighted by atomic mass is 32.2. The summed E-state index contributed by atoms with van der Waals surface area (Å²) in [5.41, 5.74) is 0.769. The maximum Gasteiger partial charge on any atom is 0.202 e. The Bertz CT molecular complexity index is 954. The molecule has 0 saturated carbocycles. The van der Waals surface area contributed by atoms with E-state index in [0.717, 1.165) is 10.5 Å². The third-order valence-corrected chi connectivity index (χ3v) is 7.19. The van der Waals surface area contributed by atoms with Crippen molar-refractivity contribution in [3.8, 4) is 11.4 Å². The zero-order chi connectivity index (χ0) is 19.6. The number of ether oxygens (including phenoxy) is 1. The van der Waals surface area contributed by atoms with E-state index in [1.54, 1.807) is 28.5 Å². The first kappa shape index (κ1) is 20.1. The molecule has 1 N–H and O–H groups in total. The van der Waals surface area contributed by atoms with Gasteiger partial charge >= 0.3 is 0 Å². The van der Waals surface area contributed by atoms with Gasteiger partial charge in [-0.05, 0) is 36.5 Å². The molecule has 2 aromatic rings. The molecular weight excluding hydrogens is 391 g/mol. The number of rotatable bonds is 7. The summed E-state index contributed by atoms with van der Waals surface area (Å²) in [6.07, 6.45) is 0.631. The van der Waals surface area contributed by atoms with Crippen LogP contribution in [0.2, 0.25) is 0 Å². The second kappa shape index (κ2) is 8.17. The van der Waals surface area contributed by atoms with Gasteiger partial charge in [0, 0.05) is 26.1 Å². The zero-order valence-electron chi connectivity index (χ0n) is 15.4. The summed E-state index contributed by atoms with van der Waals surface area (Å²) in [6, 6.07) is 6.10. The Balaban J connectivity index is 1.86. The van der Waals surface area contributed by atoms with Crippen LogP contribution in [0.5, 0.6) is 0 Å². The number of nitrogens with one attached hydrogen (secondary N) is 1. The van der Waals surface area contributed by atoms with Crippen molar-refractivity contribution in [2.24, 2.45) is 7.05 Å². The third-order valence-electron chi connectivity index (χ3n) is 4.93. The summed E-state index contributed by atoms with van der Waals surface area (Å²) >= 11 is 5.52. The van der Waals surface area contributed by atoms with E-state index in [2.05, 4.69) is 5.10 Å². The summed E-state index contributed by atoms with van der Waals surface area (Å²) in [5, 5.41) is 4.61. The van der Waals surface area contributed by atoms with Gasteiger partial charge in [-0.3, -0.25) is 0 Å². The lowest BCUT2D eigenvalue weighted by molar-refractivity contribution is -0.945. The molecule has 1 saturated heterocycles. The number of nitrogens with zero attached hydrogens (tertiary/aromatic N) is 3. The van der Waals surface area contributed by atoms with Gasteiger partial charge in [0.1, 0.15) is 24.2 Å². The first-order chi connectivity index (χ1) is 12.8. The lowest BCUT2D eigenvalue weighted by Crippen LogP contribution is -3.16. The Morgan fingerprint density at radius 3 is 2.67 bits per heavy atom. The van der Waals surface area contributed by atoms with Crippen molar-refractivity contribution < 1.29 is 22.4 Å². The molecule has 10 heteroatoms. The second-order valence-electron chi connectivity index (χ2n) is 6.83. The van der Waals surface area contributed by atoms with E-state index in [9.17, 15) is 12.8 Å². The Labute approximate surface area is 163 Å². The van der Waals surface area contributed by atoms with E-state index in [-0.39, 0.29) is 23.4 Å². The molecule has 3 rings (SSSR count). The fourth-order valence-corrected chi connectivity index (χ4v) is 5.41. The average molecular weight is 416 g/mol. The number of halogens is 1.